The van der Waals surface area contributed by atoms with Gasteiger partial charge in [-0.25, -0.2) is 0 Å². The number of halogens is 1. The summed E-state index contributed by atoms with van der Waals surface area (Å²) in [6, 6.07) is 28.6. The van der Waals surface area contributed by atoms with Crippen molar-refractivity contribution >= 4 is 62.9 Å². The van der Waals surface area contributed by atoms with Crippen LogP contribution < -0.4 is 25.4 Å². The number of rotatable bonds is 9. The van der Waals surface area contributed by atoms with E-state index in [1.54, 1.807) is 73.7 Å². The highest BCUT2D eigenvalue weighted by Gasteiger charge is 2.19. The number of anilines is 2. The average molecular weight is 659 g/mol. The molecular weight excluding hydrogens is 630 g/mol. The fraction of sp³-hybridized carbons (Fsp3) is 0.121. The maximum Gasteiger partial charge on any atom is 0.272 e. The van der Waals surface area contributed by atoms with Gasteiger partial charge in [0.1, 0.15) is 18.9 Å². The molecule has 218 valence electrons. The van der Waals surface area contributed by atoms with Gasteiger partial charge < -0.3 is 25.4 Å². The van der Waals surface area contributed by atoms with Crippen molar-refractivity contribution in [1.82, 2.24) is 5.32 Å². The number of nitrogens with one attached hydrogen (secondary N) is 3. The molecule has 0 saturated carbocycles. The summed E-state index contributed by atoms with van der Waals surface area (Å²) in [6.07, 6.45) is 1.61. The summed E-state index contributed by atoms with van der Waals surface area (Å²) in [4.78, 5) is 40.0. The molecule has 0 fully saturated rings. The lowest BCUT2D eigenvalue weighted by Gasteiger charge is -2.19. The van der Waals surface area contributed by atoms with E-state index in [-0.39, 0.29) is 11.6 Å². The van der Waals surface area contributed by atoms with Crippen LogP contribution in [-0.4, -0.2) is 36.2 Å². The molecule has 0 radical (unpaired) electrons. The van der Waals surface area contributed by atoms with Crippen molar-refractivity contribution in [3.8, 4) is 11.5 Å². The molecule has 0 aliphatic carbocycles. The van der Waals surface area contributed by atoms with Crippen LogP contribution in [0.1, 0.15) is 22.8 Å². The Kier molecular flexibility index (Phi) is 9.81. The molecular formula is C33H28BrN3O5S. The van der Waals surface area contributed by atoms with Gasteiger partial charge in [0, 0.05) is 32.4 Å². The van der Waals surface area contributed by atoms with Crippen LogP contribution in [0.15, 0.2) is 112 Å². The largest absolute Gasteiger partial charge is 0.486 e. The second-order valence-corrected chi connectivity index (χ2v) is 11.9. The van der Waals surface area contributed by atoms with Crippen molar-refractivity contribution in [3.05, 3.63) is 118 Å². The van der Waals surface area contributed by atoms with Gasteiger partial charge in [-0.05, 0) is 73.2 Å². The number of benzene rings is 4. The maximum atomic E-state index is 13.4. The summed E-state index contributed by atoms with van der Waals surface area (Å²) >= 11 is 4.80. The highest BCUT2D eigenvalue weighted by atomic mass is 79.9. The van der Waals surface area contributed by atoms with Crippen molar-refractivity contribution in [2.24, 2.45) is 0 Å². The number of amides is 3. The van der Waals surface area contributed by atoms with Crippen LogP contribution in [0.4, 0.5) is 11.4 Å². The standard InChI is InChI=1S/C33H28BrN3O5S/c1-21(31(38)35-26-13-14-29-30(20-26)42-16-15-41-29)43-27-12-6-11-25(19-27)36-33(40)28(18-22-7-5-10-24(34)17-22)37-32(39)23-8-3-2-4-9-23/h2-14,17-21H,15-16H2,1H3,(H,35,38)(H,36,40)(H,37,39)/b28-18+. The Morgan fingerprint density at radius 3 is 2.35 bits per heavy atom. The minimum absolute atomic E-state index is 0.0807. The monoisotopic (exact) mass is 657 g/mol. The highest BCUT2D eigenvalue weighted by molar-refractivity contribution is 9.10. The number of ether oxygens (including phenoxy) is 2. The Balaban J connectivity index is 1.26. The Morgan fingerprint density at radius 1 is 0.814 bits per heavy atom. The molecule has 4 aromatic rings. The number of hydrogen-bond acceptors (Lipinski definition) is 6. The topological polar surface area (TPSA) is 106 Å². The lowest BCUT2D eigenvalue weighted by molar-refractivity contribution is -0.115. The SMILES string of the molecule is CC(Sc1cccc(NC(=O)/C(=C\c2cccc(Br)c2)NC(=O)c2ccccc2)c1)C(=O)Nc1ccc2c(c1)OCCO2. The predicted octanol–water partition coefficient (Wildman–Crippen LogP) is 6.75. The number of thioether (sulfide) groups is 1. The van der Waals surface area contributed by atoms with E-state index in [0.717, 1.165) is 14.9 Å². The molecule has 3 amide bonds. The average Bonchev–Trinajstić information content (AvgIpc) is 3.01. The molecule has 10 heteroatoms. The van der Waals surface area contributed by atoms with Crippen molar-refractivity contribution < 1.29 is 23.9 Å². The lowest BCUT2D eigenvalue weighted by Crippen LogP contribution is -2.30. The van der Waals surface area contributed by atoms with Gasteiger partial charge in [0.15, 0.2) is 11.5 Å². The Labute approximate surface area is 262 Å². The van der Waals surface area contributed by atoms with Crippen molar-refractivity contribution in [2.45, 2.75) is 17.1 Å². The van der Waals surface area contributed by atoms with Gasteiger partial charge in [-0.1, -0.05) is 52.3 Å². The van der Waals surface area contributed by atoms with Crippen LogP contribution in [0.5, 0.6) is 11.5 Å². The fourth-order valence-electron chi connectivity index (χ4n) is 4.17. The van der Waals surface area contributed by atoms with E-state index >= 15 is 0 Å². The maximum absolute atomic E-state index is 13.4. The molecule has 3 N–H and O–H groups in total. The summed E-state index contributed by atoms with van der Waals surface area (Å²) in [7, 11) is 0. The normalized spacial score (nSPS) is 13.0. The van der Waals surface area contributed by atoms with E-state index in [2.05, 4.69) is 31.9 Å². The lowest BCUT2D eigenvalue weighted by atomic mass is 10.1. The van der Waals surface area contributed by atoms with Crippen LogP contribution in [0.25, 0.3) is 6.08 Å². The zero-order valence-corrected chi connectivity index (χ0v) is 25.5. The quantitative estimate of drug-likeness (QED) is 0.136. The molecule has 0 saturated heterocycles. The summed E-state index contributed by atoms with van der Waals surface area (Å²) in [5.74, 6) is 0.176. The van der Waals surface area contributed by atoms with Crippen LogP contribution in [0.3, 0.4) is 0 Å². The molecule has 5 rings (SSSR count). The smallest absolute Gasteiger partial charge is 0.272 e. The Hall–Kier alpha value is -4.54. The molecule has 1 aliphatic heterocycles. The highest BCUT2D eigenvalue weighted by Crippen LogP contribution is 2.33. The minimum atomic E-state index is -0.490. The van der Waals surface area contributed by atoms with Gasteiger partial charge in [0.2, 0.25) is 5.91 Å². The molecule has 1 heterocycles. The van der Waals surface area contributed by atoms with Gasteiger partial charge in [-0.3, -0.25) is 14.4 Å². The number of fused-ring (bicyclic) bond motifs is 1. The molecule has 43 heavy (non-hydrogen) atoms. The molecule has 1 aliphatic rings. The third kappa shape index (κ3) is 8.27. The first-order chi connectivity index (χ1) is 20.8. The van der Waals surface area contributed by atoms with Crippen molar-refractivity contribution in [3.63, 3.8) is 0 Å². The van der Waals surface area contributed by atoms with E-state index in [1.165, 1.54) is 11.8 Å². The minimum Gasteiger partial charge on any atom is -0.486 e. The Morgan fingerprint density at radius 2 is 1.56 bits per heavy atom. The van der Waals surface area contributed by atoms with Gasteiger partial charge in [-0.2, -0.15) is 0 Å². The molecule has 0 aromatic heterocycles. The van der Waals surface area contributed by atoms with Gasteiger partial charge in [0.25, 0.3) is 11.8 Å². The second-order valence-electron chi connectivity index (χ2n) is 9.52. The number of hydrogen-bond donors (Lipinski definition) is 3. The van der Waals surface area contributed by atoms with E-state index in [0.29, 0.717) is 41.7 Å². The molecule has 4 aromatic carbocycles. The van der Waals surface area contributed by atoms with Gasteiger partial charge >= 0.3 is 0 Å². The first-order valence-corrected chi connectivity index (χ1v) is 15.1. The molecule has 0 bridgehead atoms. The first-order valence-electron chi connectivity index (χ1n) is 13.5. The van der Waals surface area contributed by atoms with E-state index in [4.69, 9.17) is 9.47 Å². The second kappa shape index (κ2) is 14.1. The third-order valence-electron chi connectivity index (χ3n) is 6.27. The van der Waals surface area contributed by atoms with E-state index in [9.17, 15) is 14.4 Å². The molecule has 0 spiro atoms. The summed E-state index contributed by atoms with van der Waals surface area (Å²) < 4.78 is 12.0. The van der Waals surface area contributed by atoms with Crippen molar-refractivity contribution in [2.75, 3.05) is 23.8 Å². The predicted molar refractivity (Wildman–Crippen MR) is 172 cm³/mol. The zero-order valence-electron chi connectivity index (χ0n) is 23.1. The van der Waals surface area contributed by atoms with Crippen LogP contribution in [0, 0.1) is 0 Å². The van der Waals surface area contributed by atoms with Crippen molar-refractivity contribution in [1.29, 1.82) is 0 Å². The zero-order chi connectivity index (χ0) is 30.2. The van der Waals surface area contributed by atoms with Crippen LogP contribution >= 0.6 is 27.7 Å². The molecule has 8 nitrogen and oxygen atoms in total. The Bertz CT molecular complexity index is 1680. The number of carbonyl (C=O) groups excluding carboxylic acids is 3. The van der Waals surface area contributed by atoms with E-state index in [1.807, 2.05) is 36.4 Å². The third-order valence-corrected chi connectivity index (χ3v) is 7.86. The first kappa shape index (κ1) is 29.9. The van der Waals surface area contributed by atoms with E-state index < -0.39 is 17.1 Å². The van der Waals surface area contributed by atoms with Crippen LogP contribution in [0.2, 0.25) is 0 Å². The van der Waals surface area contributed by atoms with Gasteiger partial charge in [-0.15, -0.1) is 11.8 Å². The summed E-state index contributed by atoms with van der Waals surface area (Å²) in [6.45, 7) is 2.77. The molecule has 1 atom stereocenters. The fourth-order valence-corrected chi connectivity index (χ4v) is 5.52. The number of carbonyl (C=O) groups is 3. The summed E-state index contributed by atoms with van der Waals surface area (Å²) in [5, 5.41) is 8.10. The van der Waals surface area contributed by atoms with Gasteiger partial charge in [0.05, 0.1) is 5.25 Å². The molecule has 1 unspecified atom stereocenters. The summed E-state index contributed by atoms with van der Waals surface area (Å²) in [5.41, 5.74) is 2.37. The van der Waals surface area contributed by atoms with Crippen LogP contribution in [-0.2, 0) is 9.59 Å².